The number of fused-ring (bicyclic) bond motifs is 2. The normalized spacial score (nSPS) is 11.5. The molecule has 0 radical (unpaired) electrons. The second kappa shape index (κ2) is 8.93. The third-order valence-corrected chi connectivity index (χ3v) is 7.53. The maximum atomic E-state index is 13.6. The van der Waals surface area contributed by atoms with Crippen LogP contribution < -0.4 is 4.90 Å². The van der Waals surface area contributed by atoms with Gasteiger partial charge in [-0.2, -0.15) is 0 Å². The minimum absolute atomic E-state index is 0.0224. The Labute approximate surface area is 194 Å². The fourth-order valence-corrected chi connectivity index (χ4v) is 5.72. The van der Waals surface area contributed by atoms with E-state index in [1.807, 2.05) is 27.1 Å². The summed E-state index contributed by atoms with van der Waals surface area (Å²) in [6.07, 6.45) is 0.809. The summed E-state index contributed by atoms with van der Waals surface area (Å²) in [5, 5.41) is 12.5. The largest absolute Gasteiger partial charge is 0.309 e. The number of rotatable bonds is 7. The molecule has 0 saturated heterocycles. The fraction of sp³-hybridized carbons (Fsp3) is 0.304. The standard InChI is InChI=1S/C23H24N4O3S2/c1-14-10-15(2)21-18(11-14)24-23(32-21)26(9-5-8-25(3)4)22(28)20-13-16-12-17(27(29)30)6-7-19(16)31-20/h6-7,10-13H,5,8-9H2,1-4H3. The number of hydrogen-bond acceptors (Lipinski definition) is 7. The fourth-order valence-electron chi connectivity index (χ4n) is 3.69. The first-order chi connectivity index (χ1) is 15.2. The summed E-state index contributed by atoms with van der Waals surface area (Å²) < 4.78 is 1.94. The van der Waals surface area contributed by atoms with Gasteiger partial charge in [-0.05, 0) is 70.2 Å². The minimum Gasteiger partial charge on any atom is -0.309 e. The quantitative estimate of drug-likeness (QED) is 0.259. The first-order valence-electron chi connectivity index (χ1n) is 10.3. The summed E-state index contributed by atoms with van der Waals surface area (Å²) in [5.74, 6) is -0.124. The van der Waals surface area contributed by atoms with Gasteiger partial charge in [0.15, 0.2) is 5.13 Å². The maximum absolute atomic E-state index is 13.6. The van der Waals surface area contributed by atoms with E-state index in [1.54, 1.807) is 17.0 Å². The Kier molecular flexibility index (Phi) is 6.23. The van der Waals surface area contributed by atoms with E-state index in [4.69, 9.17) is 4.98 Å². The average molecular weight is 469 g/mol. The molecule has 4 aromatic rings. The summed E-state index contributed by atoms with van der Waals surface area (Å²) in [7, 11) is 4.02. The molecule has 0 N–H and O–H groups in total. The second-order valence-corrected chi connectivity index (χ2v) is 10.2. The number of nitro groups is 1. The molecule has 0 fully saturated rings. The van der Waals surface area contributed by atoms with E-state index in [9.17, 15) is 14.9 Å². The minimum atomic E-state index is -0.419. The zero-order chi connectivity index (χ0) is 23.0. The molecule has 2 aromatic heterocycles. The Morgan fingerprint density at radius 1 is 1.09 bits per heavy atom. The second-order valence-electron chi connectivity index (χ2n) is 8.13. The number of amides is 1. The van der Waals surface area contributed by atoms with Crippen molar-refractivity contribution >= 4 is 59.7 Å². The van der Waals surface area contributed by atoms with Crippen molar-refractivity contribution in [3.63, 3.8) is 0 Å². The number of aryl methyl sites for hydroxylation is 2. The number of non-ortho nitro benzene ring substituents is 1. The smallest absolute Gasteiger partial charge is 0.270 e. The van der Waals surface area contributed by atoms with Crippen LogP contribution in [0.1, 0.15) is 27.2 Å². The van der Waals surface area contributed by atoms with Gasteiger partial charge in [0, 0.05) is 28.8 Å². The summed E-state index contributed by atoms with van der Waals surface area (Å²) in [6, 6.07) is 10.6. The van der Waals surface area contributed by atoms with Gasteiger partial charge in [0.25, 0.3) is 11.6 Å². The van der Waals surface area contributed by atoms with Gasteiger partial charge >= 0.3 is 0 Å². The van der Waals surface area contributed by atoms with Crippen molar-refractivity contribution in [1.29, 1.82) is 0 Å². The van der Waals surface area contributed by atoms with E-state index >= 15 is 0 Å². The number of nitro benzene ring substituents is 1. The van der Waals surface area contributed by atoms with E-state index < -0.39 is 4.92 Å². The summed E-state index contributed by atoms with van der Waals surface area (Å²) in [5.41, 5.74) is 3.22. The Bertz CT molecular complexity index is 1330. The molecule has 0 saturated carbocycles. The number of carbonyl (C=O) groups is 1. The molecule has 0 aliphatic heterocycles. The Morgan fingerprint density at radius 3 is 2.59 bits per heavy atom. The lowest BCUT2D eigenvalue weighted by Crippen LogP contribution is -2.32. The van der Waals surface area contributed by atoms with Crippen LogP contribution in [0.3, 0.4) is 0 Å². The van der Waals surface area contributed by atoms with Crippen LogP contribution in [0.2, 0.25) is 0 Å². The Morgan fingerprint density at radius 2 is 1.88 bits per heavy atom. The Balaban J connectivity index is 1.73. The number of thiophene rings is 1. The van der Waals surface area contributed by atoms with Gasteiger partial charge < -0.3 is 4.90 Å². The number of thiazole rings is 1. The van der Waals surface area contributed by atoms with Crippen LogP contribution in [0.5, 0.6) is 0 Å². The van der Waals surface area contributed by atoms with Gasteiger partial charge in [-0.3, -0.25) is 19.8 Å². The molecular weight excluding hydrogens is 444 g/mol. The van der Waals surface area contributed by atoms with Crippen molar-refractivity contribution in [3.8, 4) is 0 Å². The molecule has 166 valence electrons. The topological polar surface area (TPSA) is 79.6 Å². The van der Waals surface area contributed by atoms with Crippen molar-refractivity contribution in [2.45, 2.75) is 20.3 Å². The molecule has 4 rings (SSSR count). The third kappa shape index (κ3) is 4.50. The zero-order valence-electron chi connectivity index (χ0n) is 18.4. The van der Waals surface area contributed by atoms with E-state index in [1.165, 1.54) is 34.8 Å². The maximum Gasteiger partial charge on any atom is 0.270 e. The van der Waals surface area contributed by atoms with Crippen LogP contribution in [-0.2, 0) is 0 Å². The predicted molar refractivity (Wildman–Crippen MR) is 132 cm³/mol. The van der Waals surface area contributed by atoms with E-state index in [0.29, 0.717) is 21.9 Å². The molecule has 32 heavy (non-hydrogen) atoms. The first kappa shape index (κ1) is 22.3. The first-order valence-corrected chi connectivity index (χ1v) is 11.9. The molecular formula is C23H24N4O3S2. The van der Waals surface area contributed by atoms with E-state index in [2.05, 4.69) is 17.9 Å². The van der Waals surface area contributed by atoms with E-state index in [-0.39, 0.29) is 11.6 Å². The molecule has 9 heteroatoms. The van der Waals surface area contributed by atoms with Gasteiger partial charge in [-0.25, -0.2) is 4.98 Å². The molecule has 0 aliphatic rings. The van der Waals surface area contributed by atoms with Crippen LogP contribution in [0.4, 0.5) is 10.8 Å². The van der Waals surface area contributed by atoms with Crippen LogP contribution in [-0.4, -0.2) is 47.9 Å². The van der Waals surface area contributed by atoms with Crippen LogP contribution in [0, 0.1) is 24.0 Å². The van der Waals surface area contributed by atoms with Gasteiger partial charge in [0.05, 0.1) is 20.0 Å². The van der Waals surface area contributed by atoms with Crippen LogP contribution in [0.25, 0.3) is 20.3 Å². The molecule has 0 spiro atoms. The van der Waals surface area contributed by atoms with Crippen LogP contribution >= 0.6 is 22.7 Å². The lowest BCUT2D eigenvalue weighted by atomic mass is 10.1. The van der Waals surface area contributed by atoms with Crippen molar-refractivity contribution in [2.24, 2.45) is 0 Å². The lowest BCUT2D eigenvalue weighted by molar-refractivity contribution is -0.384. The van der Waals surface area contributed by atoms with Crippen molar-refractivity contribution in [2.75, 3.05) is 32.1 Å². The third-order valence-electron chi connectivity index (χ3n) is 5.19. The molecule has 0 atom stereocenters. The number of anilines is 1. The molecule has 7 nitrogen and oxygen atoms in total. The highest BCUT2D eigenvalue weighted by molar-refractivity contribution is 7.23. The van der Waals surface area contributed by atoms with Gasteiger partial charge in [-0.1, -0.05) is 17.4 Å². The number of benzene rings is 2. The molecule has 0 aliphatic carbocycles. The number of nitrogens with zero attached hydrogens (tertiary/aromatic N) is 4. The summed E-state index contributed by atoms with van der Waals surface area (Å²) >= 11 is 2.89. The zero-order valence-corrected chi connectivity index (χ0v) is 20.0. The summed E-state index contributed by atoms with van der Waals surface area (Å²) in [4.78, 5) is 33.5. The Hall–Kier alpha value is -2.88. The van der Waals surface area contributed by atoms with Crippen molar-refractivity contribution in [1.82, 2.24) is 9.88 Å². The molecule has 2 heterocycles. The molecule has 0 bridgehead atoms. The van der Waals surface area contributed by atoms with Crippen molar-refractivity contribution in [3.05, 3.63) is 62.5 Å². The number of hydrogen-bond donors (Lipinski definition) is 0. The average Bonchev–Trinajstić information content (AvgIpc) is 3.34. The molecule has 2 aromatic carbocycles. The molecule has 1 amide bonds. The highest BCUT2D eigenvalue weighted by Crippen LogP contribution is 2.35. The highest BCUT2D eigenvalue weighted by atomic mass is 32.1. The van der Waals surface area contributed by atoms with Gasteiger partial charge in [-0.15, -0.1) is 11.3 Å². The number of aromatic nitrogens is 1. The monoisotopic (exact) mass is 468 g/mol. The van der Waals surface area contributed by atoms with Gasteiger partial charge in [0.1, 0.15) is 0 Å². The summed E-state index contributed by atoms with van der Waals surface area (Å²) in [6.45, 7) is 5.50. The van der Waals surface area contributed by atoms with Crippen molar-refractivity contribution < 1.29 is 9.72 Å². The van der Waals surface area contributed by atoms with Gasteiger partial charge in [0.2, 0.25) is 0 Å². The lowest BCUT2D eigenvalue weighted by Gasteiger charge is -2.20. The van der Waals surface area contributed by atoms with Crippen LogP contribution in [0.15, 0.2) is 36.4 Å². The van der Waals surface area contributed by atoms with E-state index in [0.717, 1.165) is 39.0 Å². The SMILES string of the molecule is Cc1cc(C)c2sc(N(CCCN(C)C)C(=O)c3cc4cc([N+](=O)[O-])ccc4s3)nc2c1. The predicted octanol–water partition coefficient (Wildman–Crippen LogP) is 5.63. The highest BCUT2D eigenvalue weighted by Gasteiger charge is 2.24. The molecule has 0 unspecified atom stereocenters. The number of carbonyl (C=O) groups excluding carboxylic acids is 1.